The zero-order chi connectivity index (χ0) is 19.8. The molecule has 4 fully saturated rings. The van der Waals surface area contributed by atoms with E-state index in [4.69, 9.17) is 0 Å². The first-order valence-corrected chi connectivity index (χ1v) is 12.1. The molecular formula is C23H29N3O2S. The maximum atomic E-state index is 13.2. The summed E-state index contributed by atoms with van der Waals surface area (Å²) >= 11 is 1.66. The lowest BCUT2D eigenvalue weighted by Crippen LogP contribution is -2.60. The van der Waals surface area contributed by atoms with Gasteiger partial charge in [-0.05, 0) is 87.0 Å². The molecule has 2 aromatic rings. The number of nitrogens with one attached hydrogen (secondary N) is 1. The zero-order valence-electron chi connectivity index (χ0n) is 17.1. The van der Waals surface area contributed by atoms with Crippen molar-refractivity contribution in [2.75, 3.05) is 0 Å². The van der Waals surface area contributed by atoms with Crippen molar-refractivity contribution in [2.24, 2.45) is 23.7 Å². The van der Waals surface area contributed by atoms with Gasteiger partial charge in [-0.2, -0.15) is 0 Å². The van der Waals surface area contributed by atoms with Crippen LogP contribution in [0.3, 0.4) is 0 Å². The predicted molar refractivity (Wildman–Crippen MR) is 114 cm³/mol. The summed E-state index contributed by atoms with van der Waals surface area (Å²) in [5, 5.41) is 4.15. The Morgan fingerprint density at radius 3 is 2.62 bits per heavy atom. The molecular weight excluding hydrogens is 382 g/mol. The quantitative estimate of drug-likeness (QED) is 0.838. The van der Waals surface area contributed by atoms with Gasteiger partial charge in [-0.3, -0.25) is 14.2 Å². The number of nitrogens with zero attached hydrogens (tertiary/aromatic N) is 2. The molecule has 5 nitrogen and oxygen atoms in total. The van der Waals surface area contributed by atoms with Crippen molar-refractivity contribution in [3.05, 3.63) is 27.1 Å². The Morgan fingerprint density at radius 1 is 1.24 bits per heavy atom. The lowest BCUT2D eigenvalue weighted by molar-refractivity contribution is -0.127. The van der Waals surface area contributed by atoms with Gasteiger partial charge in [0, 0.05) is 10.4 Å². The zero-order valence-corrected chi connectivity index (χ0v) is 17.9. The standard InChI is InChI=1S/C23H29N3O2S/c1-13-2-3-17-18(4-13)29-21-20(17)22(28)26(12-24-21)11-19(27)25-23-8-14-5-15(9-23)7-16(6-14)10-23/h12-16H,2-11H2,1H3,(H,25,27). The maximum absolute atomic E-state index is 13.2. The minimum atomic E-state index is -0.0392. The Labute approximate surface area is 174 Å². The van der Waals surface area contributed by atoms with Crippen LogP contribution in [0.1, 0.15) is 62.3 Å². The van der Waals surface area contributed by atoms with Crippen LogP contribution in [0.25, 0.3) is 10.2 Å². The molecule has 0 aliphatic heterocycles. The largest absolute Gasteiger partial charge is 0.349 e. The second-order valence-electron chi connectivity index (χ2n) is 10.5. The molecule has 5 aliphatic rings. The minimum absolute atomic E-state index is 0.00927. The first kappa shape index (κ1) is 18.1. The van der Waals surface area contributed by atoms with Gasteiger partial charge in [0.15, 0.2) is 0 Å². The Hall–Kier alpha value is -1.69. The number of amides is 1. The summed E-state index contributed by atoms with van der Waals surface area (Å²) in [4.78, 5) is 32.9. The van der Waals surface area contributed by atoms with Crippen LogP contribution in [0.5, 0.6) is 0 Å². The summed E-state index contributed by atoms with van der Waals surface area (Å²) in [6, 6.07) is 0. The first-order valence-electron chi connectivity index (χ1n) is 11.3. The van der Waals surface area contributed by atoms with Crippen LogP contribution in [-0.2, 0) is 24.2 Å². The molecule has 0 aromatic carbocycles. The fourth-order valence-electron chi connectivity index (χ4n) is 7.23. The Bertz CT molecular complexity index is 1020. The summed E-state index contributed by atoms with van der Waals surface area (Å²) in [6.07, 6.45) is 12.2. The number of thiophene rings is 1. The van der Waals surface area contributed by atoms with Crippen LogP contribution < -0.4 is 10.9 Å². The summed E-state index contributed by atoms with van der Waals surface area (Å²) in [5.41, 5.74) is 1.14. The van der Waals surface area contributed by atoms with Crippen molar-refractivity contribution < 1.29 is 4.79 Å². The predicted octanol–water partition coefficient (Wildman–Crippen LogP) is 3.67. The van der Waals surface area contributed by atoms with E-state index in [0.717, 1.165) is 66.5 Å². The molecule has 1 atom stereocenters. The highest BCUT2D eigenvalue weighted by molar-refractivity contribution is 7.18. The third-order valence-electron chi connectivity index (χ3n) is 8.04. The lowest BCUT2D eigenvalue weighted by Gasteiger charge is -2.56. The highest BCUT2D eigenvalue weighted by Crippen LogP contribution is 2.55. The number of carbonyl (C=O) groups is 1. The SMILES string of the molecule is CC1CCc2c(sc3ncn(CC(=O)NC45CC6CC(CC(C6)C4)C5)c(=O)c23)C1. The van der Waals surface area contributed by atoms with Crippen molar-refractivity contribution in [3.63, 3.8) is 0 Å². The van der Waals surface area contributed by atoms with Crippen LogP contribution in [0.15, 0.2) is 11.1 Å². The van der Waals surface area contributed by atoms with E-state index in [-0.39, 0.29) is 23.6 Å². The molecule has 154 valence electrons. The fraction of sp³-hybridized carbons (Fsp3) is 0.696. The average molecular weight is 412 g/mol. The van der Waals surface area contributed by atoms with Gasteiger partial charge < -0.3 is 5.32 Å². The third-order valence-corrected chi connectivity index (χ3v) is 9.20. The Balaban J connectivity index is 1.25. The van der Waals surface area contributed by atoms with Crippen molar-refractivity contribution in [3.8, 4) is 0 Å². The first-order chi connectivity index (χ1) is 14.0. The molecule has 5 aliphatic carbocycles. The minimum Gasteiger partial charge on any atom is -0.349 e. The van der Waals surface area contributed by atoms with E-state index >= 15 is 0 Å². The number of carbonyl (C=O) groups excluding carboxylic acids is 1. The van der Waals surface area contributed by atoms with Crippen molar-refractivity contribution in [1.29, 1.82) is 0 Å². The normalized spacial score (nSPS) is 35.1. The highest BCUT2D eigenvalue weighted by Gasteiger charge is 2.51. The van der Waals surface area contributed by atoms with Gasteiger partial charge in [0.05, 0.1) is 11.7 Å². The van der Waals surface area contributed by atoms with E-state index in [0.29, 0.717) is 5.92 Å². The van der Waals surface area contributed by atoms with Gasteiger partial charge in [-0.15, -0.1) is 11.3 Å². The van der Waals surface area contributed by atoms with Gasteiger partial charge in [0.2, 0.25) is 5.91 Å². The molecule has 1 N–H and O–H groups in total. The van der Waals surface area contributed by atoms with Crippen molar-refractivity contribution in [2.45, 2.75) is 76.8 Å². The maximum Gasteiger partial charge on any atom is 0.262 e. The van der Waals surface area contributed by atoms with Crippen LogP contribution >= 0.6 is 11.3 Å². The number of hydrogen-bond acceptors (Lipinski definition) is 4. The van der Waals surface area contributed by atoms with E-state index in [1.54, 1.807) is 17.7 Å². The number of aryl methyl sites for hydroxylation is 1. The van der Waals surface area contributed by atoms with E-state index in [1.807, 2.05) is 0 Å². The highest BCUT2D eigenvalue weighted by atomic mass is 32.1. The van der Waals surface area contributed by atoms with Crippen LogP contribution in [-0.4, -0.2) is 21.0 Å². The Morgan fingerprint density at radius 2 is 1.93 bits per heavy atom. The number of rotatable bonds is 3. The van der Waals surface area contributed by atoms with Gasteiger partial charge >= 0.3 is 0 Å². The van der Waals surface area contributed by atoms with Crippen molar-refractivity contribution >= 4 is 27.5 Å². The fourth-order valence-corrected chi connectivity index (χ4v) is 8.57. The molecule has 29 heavy (non-hydrogen) atoms. The van der Waals surface area contributed by atoms with Gasteiger partial charge in [0.25, 0.3) is 5.56 Å². The van der Waals surface area contributed by atoms with Crippen LogP contribution in [0.2, 0.25) is 0 Å². The Kier molecular flexibility index (Phi) is 4.00. The van der Waals surface area contributed by atoms with Crippen molar-refractivity contribution in [1.82, 2.24) is 14.9 Å². The molecule has 6 heteroatoms. The van der Waals surface area contributed by atoms with Gasteiger partial charge in [-0.1, -0.05) is 6.92 Å². The van der Waals surface area contributed by atoms with E-state index in [2.05, 4.69) is 17.2 Å². The second kappa shape index (κ2) is 6.40. The molecule has 0 spiro atoms. The molecule has 2 aromatic heterocycles. The summed E-state index contributed by atoms with van der Waals surface area (Å²) < 4.78 is 1.53. The average Bonchev–Trinajstić information content (AvgIpc) is 3.00. The smallest absolute Gasteiger partial charge is 0.262 e. The van der Waals surface area contributed by atoms with Crippen LogP contribution in [0.4, 0.5) is 0 Å². The molecule has 1 unspecified atom stereocenters. The number of fused-ring (bicyclic) bond motifs is 3. The topological polar surface area (TPSA) is 64.0 Å². The van der Waals surface area contributed by atoms with Gasteiger partial charge in [-0.25, -0.2) is 4.98 Å². The summed E-state index contributed by atoms with van der Waals surface area (Å²) in [7, 11) is 0. The lowest BCUT2D eigenvalue weighted by atomic mass is 9.53. The summed E-state index contributed by atoms with van der Waals surface area (Å²) in [5.74, 6) is 3.03. The molecule has 2 heterocycles. The molecule has 0 saturated heterocycles. The molecule has 4 saturated carbocycles. The van der Waals surface area contributed by atoms with E-state index in [1.165, 1.54) is 34.3 Å². The monoisotopic (exact) mass is 411 g/mol. The van der Waals surface area contributed by atoms with Gasteiger partial charge in [0.1, 0.15) is 11.4 Å². The molecule has 0 radical (unpaired) electrons. The van der Waals surface area contributed by atoms with Crippen LogP contribution in [0, 0.1) is 23.7 Å². The second-order valence-corrected chi connectivity index (χ2v) is 11.5. The molecule has 1 amide bonds. The third kappa shape index (κ3) is 2.97. The van der Waals surface area contributed by atoms with E-state index < -0.39 is 0 Å². The molecule has 4 bridgehead atoms. The number of aromatic nitrogens is 2. The summed E-state index contributed by atoms with van der Waals surface area (Å²) in [6.45, 7) is 2.36. The number of hydrogen-bond donors (Lipinski definition) is 1. The van der Waals surface area contributed by atoms with E-state index in [9.17, 15) is 9.59 Å². The molecule has 7 rings (SSSR count).